The van der Waals surface area contributed by atoms with Gasteiger partial charge in [0.05, 0.1) is 5.41 Å². The highest BCUT2D eigenvalue weighted by Crippen LogP contribution is 2.37. The van der Waals surface area contributed by atoms with Gasteiger partial charge < -0.3 is 10.2 Å². The highest BCUT2D eigenvalue weighted by molar-refractivity contribution is 5.85. The van der Waals surface area contributed by atoms with Gasteiger partial charge in [-0.1, -0.05) is 67.1 Å². The molecule has 3 rings (SSSR count). The quantitative estimate of drug-likeness (QED) is 0.690. The molecule has 4 nitrogen and oxygen atoms in total. The largest absolute Gasteiger partial charge is 0.352 e. The molecule has 0 aromatic heterocycles. The third kappa shape index (κ3) is 4.81. The normalized spacial score (nSPS) is 18.7. The van der Waals surface area contributed by atoms with Gasteiger partial charge in [0, 0.05) is 26.1 Å². The first-order valence-electron chi connectivity index (χ1n) is 10.8. The molecule has 2 aromatic rings. The molecule has 158 valence electrons. The molecule has 1 N–H and O–H groups in total. The monoisotopic (exact) mass is 404 g/mol. The lowest BCUT2D eigenvalue weighted by Gasteiger charge is -2.42. The summed E-state index contributed by atoms with van der Waals surface area (Å²) in [7, 11) is 0. The summed E-state index contributed by atoms with van der Waals surface area (Å²) in [4.78, 5) is 27.6. The van der Waals surface area contributed by atoms with E-state index in [1.54, 1.807) is 6.08 Å². The van der Waals surface area contributed by atoms with Crippen LogP contribution >= 0.6 is 0 Å². The molecule has 0 unspecified atom stereocenters. The Morgan fingerprint density at radius 3 is 2.60 bits per heavy atom. The summed E-state index contributed by atoms with van der Waals surface area (Å²) < 4.78 is 0. The van der Waals surface area contributed by atoms with Crippen molar-refractivity contribution in [2.45, 2.75) is 39.5 Å². The lowest BCUT2D eigenvalue weighted by Crippen LogP contribution is -2.54. The number of nitrogens with zero attached hydrogens (tertiary/aromatic N) is 1. The summed E-state index contributed by atoms with van der Waals surface area (Å²) in [5.74, 6) is 0.122. The number of nitrogens with one attached hydrogen (secondary N) is 1. The van der Waals surface area contributed by atoms with Crippen molar-refractivity contribution in [2.75, 3.05) is 19.6 Å². The highest BCUT2D eigenvalue weighted by atomic mass is 16.2. The van der Waals surface area contributed by atoms with E-state index in [1.807, 2.05) is 24.0 Å². The van der Waals surface area contributed by atoms with Crippen LogP contribution < -0.4 is 5.32 Å². The van der Waals surface area contributed by atoms with Crippen molar-refractivity contribution in [3.8, 4) is 11.1 Å². The minimum Gasteiger partial charge on any atom is -0.352 e. The summed E-state index contributed by atoms with van der Waals surface area (Å²) >= 11 is 0. The molecular formula is C26H32N2O2. The predicted molar refractivity (Wildman–Crippen MR) is 122 cm³/mol. The summed E-state index contributed by atoms with van der Waals surface area (Å²) in [6.07, 6.45) is 4.37. The maximum absolute atomic E-state index is 13.3. The summed E-state index contributed by atoms with van der Waals surface area (Å²) in [6, 6.07) is 16.8. The number of amides is 2. The number of likely N-dealkylation sites (tertiary alicyclic amines) is 1. The van der Waals surface area contributed by atoms with Crippen LogP contribution in [0.2, 0.25) is 0 Å². The standard InChI is InChI=1S/C26H32N2O2/c1-4-16-27-25(30)26(15-8-17-28(19-26)24(29)5-2)18-22-9-6-7-10-23(22)21-13-11-20(3)12-14-21/h4,6-7,9-14H,1,5,8,15-19H2,2-3H3,(H,27,30)/t26-/m1/s1. The second-order valence-corrected chi connectivity index (χ2v) is 8.25. The van der Waals surface area contributed by atoms with Crippen LogP contribution in [0.4, 0.5) is 0 Å². The van der Waals surface area contributed by atoms with Gasteiger partial charge in [0.2, 0.25) is 11.8 Å². The molecule has 1 aliphatic heterocycles. The van der Waals surface area contributed by atoms with E-state index in [0.29, 0.717) is 25.9 Å². The number of carbonyl (C=O) groups excluding carboxylic acids is 2. The molecule has 4 heteroatoms. The number of hydrogen-bond acceptors (Lipinski definition) is 2. The second kappa shape index (κ2) is 9.75. The summed E-state index contributed by atoms with van der Waals surface area (Å²) in [6.45, 7) is 9.30. The molecule has 0 radical (unpaired) electrons. The molecular weight excluding hydrogens is 372 g/mol. The Bertz CT molecular complexity index is 904. The fourth-order valence-electron chi connectivity index (χ4n) is 4.38. The van der Waals surface area contributed by atoms with Gasteiger partial charge in [-0.3, -0.25) is 9.59 Å². The van der Waals surface area contributed by atoms with E-state index < -0.39 is 5.41 Å². The van der Waals surface area contributed by atoms with Gasteiger partial charge in [-0.05, 0) is 42.9 Å². The van der Waals surface area contributed by atoms with Crippen LogP contribution in [-0.4, -0.2) is 36.3 Å². The molecule has 0 bridgehead atoms. The highest BCUT2D eigenvalue weighted by Gasteiger charge is 2.43. The van der Waals surface area contributed by atoms with Crippen molar-refractivity contribution >= 4 is 11.8 Å². The van der Waals surface area contributed by atoms with Crippen molar-refractivity contribution in [1.29, 1.82) is 0 Å². The lowest BCUT2D eigenvalue weighted by atomic mass is 9.73. The molecule has 1 saturated heterocycles. The third-order valence-corrected chi connectivity index (χ3v) is 6.03. The maximum atomic E-state index is 13.3. The number of hydrogen-bond donors (Lipinski definition) is 1. The third-order valence-electron chi connectivity index (χ3n) is 6.03. The minimum absolute atomic E-state index is 0.00899. The van der Waals surface area contributed by atoms with Gasteiger partial charge in [-0.15, -0.1) is 6.58 Å². The van der Waals surface area contributed by atoms with Crippen LogP contribution in [0, 0.1) is 12.3 Å². The van der Waals surface area contributed by atoms with E-state index in [9.17, 15) is 9.59 Å². The van der Waals surface area contributed by atoms with Crippen LogP contribution in [0.3, 0.4) is 0 Å². The summed E-state index contributed by atoms with van der Waals surface area (Å²) in [5, 5.41) is 3.01. The Hall–Kier alpha value is -2.88. The van der Waals surface area contributed by atoms with Crippen molar-refractivity contribution < 1.29 is 9.59 Å². The van der Waals surface area contributed by atoms with E-state index in [1.165, 1.54) is 5.56 Å². The molecule has 1 aliphatic rings. The van der Waals surface area contributed by atoms with Crippen molar-refractivity contribution in [1.82, 2.24) is 10.2 Å². The number of rotatable bonds is 7. The molecule has 0 aliphatic carbocycles. The van der Waals surface area contributed by atoms with E-state index in [-0.39, 0.29) is 11.8 Å². The van der Waals surface area contributed by atoms with Crippen LogP contribution in [0.5, 0.6) is 0 Å². The van der Waals surface area contributed by atoms with Gasteiger partial charge in [-0.2, -0.15) is 0 Å². The molecule has 30 heavy (non-hydrogen) atoms. The first-order chi connectivity index (χ1) is 14.5. The van der Waals surface area contributed by atoms with Crippen molar-refractivity contribution in [2.24, 2.45) is 5.41 Å². The molecule has 2 aromatic carbocycles. The molecule has 0 spiro atoms. The first kappa shape index (κ1) is 21.8. The number of aryl methyl sites for hydroxylation is 1. The molecule has 1 fully saturated rings. The number of carbonyl (C=O) groups is 2. The van der Waals surface area contributed by atoms with Gasteiger partial charge in [-0.25, -0.2) is 0 Å². The fourth-order valence-corrected chi connectivity index (χ4v) is 4.38. The Kier molecular flexibility index (Phi) is 7.09. The van der Waals surface area contributed by atoms with E-state index in [4.69, 9.17) is 0 Å². The predicted octanol–water partition coefficient (Wildman–Crippen LogP) is 4.53. The molecule has 0 saturated carbocycles. The Morgan fingerprint density at radius 2 is 1.90 bits per heavy atom. The zero-order chi connectivity index (χ0) is 21.6. The number of piperidine rings is 1. The second-order valence-electron chi connectivity index (χ2n) is 8.25. The van der Waals surface area contributed by atoms with Gasteiger partial charge in [0.25, 0.3) is 0 Å². The van der Waals surface area contributed by atoms with E-state index in [0.717, 1.165) is 36.1 Å². The zero-order valence-electron chi connectivity index (χ0n) is 18.1. The average molecular weight is 405 g/mol. The van der Waals surface area contributed by atoms with Gasteiger partial charge in [0.1, 0.15) is 0 Å². The molecule has 1 atom stereocenters. The van der Waals surface area contributed by atoms with Gasteiger partial charge in [0.15, 0.2) is 0 Å². The Morgan fingerprint density at radius 1 is 1.17 bits per heavy atom. The van der Waals surface area contributed by atoms with Crippen LogP contribution in [-0.2, 0) is 16.0 Å². The van der Waals surface area contributed by atoms with E-state index in [2.05, 4.69) is 55.2 Å². The molecule has 1 heterocycles. The number of benzene rings is 2. The lowest BCUT2D eigenvalue weighted by molar-refractivity contribution is -0.141. The zero-order valence-corrected chi connectivity index (χ0v) is 18.1. The fraction of sp³-hybridized carbons (Fsp3) is 0.385. The smallest absolute Gasteiger partial charge is 0.228 e. The van der Waals surface area contributed by atoms with Crippen LogP contribution in [0.25, 0.3) is 11.1 Å². The van der Waals surface area contributed by atoms with Crippen molar-refractivity contribution in [3.05, 3.63) is 72.3 Å². The van der Waals surface area contributed by atoms with Crippen LogP contribution in [0.1, 0.15) is 37.3 Å². The average Bonchev–Trinajstić information content (AvgIpc) is 2.78. The minimum atomic E-state index is -0.632. The maximum Gasteiger partial charge on any atom is 0.228 e. The molecule has 2 amide bonds. The van der Waals surface area contributed by atoms with Gasteiger partial charge >= 0.3 is 0 Å². The van der Waals surface area contributed by atoms with Crippen LogP contribution in [0.15, 0.2) is 61.2 Å². The Labute approximate surface area is 180 Å². The SMILES string of the molecule is C=CCNC(=O)[C@@]1(Cc2ccccc2-c2ccc(C)cc2)CCCN(C(=O)CC)C1. The Balaban J connectivity index is 1.98. The first-order valence-corrected chi connectivity index (χ1v) is 10.8. The topological polar surface area (TPSA) is 49.4 Å². The summed E-state index contributed by atoms with van der Waals surface area (Å²) in [5.41, 5.74) is 4.02. The van der Waals surface area contributed by atoms with E-state index >= 15 is 0 Å². The van der Waals surface area contributed by atoms with Crippen molar-refractivity contribution in [3.63, 3.8) is 0 Å².